The molecule has 0 aliphatic carbocycles. The Labute approximate surface area is 184 Å². The lowest BCUT2D eigenvalue weighted by Gasteiger charge is -2.50. The smallest absolute Gasteiger partial charge is 0.407 e. The van der Waals surface area contributed by atoms with Crippen molar-refractivity contribution < 1.29 is 38.0 Å². The number of alkyl carbamates (subject to hydrolysis) is 1. The van der Waals surface area contributed by atoms with E-state index in [1.807, 2.05) is 13.8 Å². The van der Waals surface area contributed by atoms with Crippen LogP contribution in [0.4, 0.5) is 4.79 Å². The van der Waals surface area contributed by atoms with Gasteiger partial charge in [0, 0.05) is 6.54 Å². The Balaban J connectivity index is 2.04. The van der Waals surface area contributed by atoms with E-state index in [4.69, 9.17) is 46.0 Å². The summed E-state index contributed by atoms with van der Waals surface area (Å²) in [6, 6.07) is 0. The highest BCUT2D eigenvalue weighted by Crippen LogP contribution is 2.35. The van der Waals surface area contributed by atoms with Crippen molar-refractivity contribution in [3.63, 3.8) is 0 Å². The summed E-state index contributed by atoms with van der Waals surface area (Å²) in [5, 5.41) is 2.63. The van der Waals surface area contributed by atoms with Gasteiger partial charge in [0.2, 0.25) is 0 Å². The highest BCUT2D eigenvalue weighted by Gasteiger charge is 2.53. The molecule has 2 aliphatic rings. The lowest BCUT2D eigenvalue weighted by atomic mass is 9.97. The van der Waals surface area contributed by atoms with Gasteiger partial charge in [-0.15, -0.1) is 12.8 Å². The molecule has 0 unspecified atom stereocenters. The molecule has 5 atom stereocenters. The summed E-state index contributed by atoms with van der Waals surface area (Å²) < 4.78 is 40.5. The molecule has 2 aliphatic heterocycles. The molecule has 0 radical (unpaired) electrons. The minimum absolute atomic E-state index is 0.0250. The first-order chi connectivity index (χ1) is 14.6. The van der Waals surface area contributed by atoms with E-state index < -0.39 is 48.2 Å². The maximum Gasteiger partial charge on any atom is 0.407 e. The second kappa shape index (κ2) is 11.1. The van der Waals surface area contributed by atoms with Gasteiger partial charge in [-0.2, -0.15) is 0 Å². The molecular weight excluding hydrogens is 406 g/mol. The summed E-state index contributed by atoms with van der Waals surface area (Å²) in [4.78, 5) is 11.8. The largest absolute Gasteiger partial charge is 0.444 e. The third-order valence-electron chi connectivity index (χ3n) is 4.38. The molecule has 1 N–H and O–H groups in total. The van der Waals surface area contributed by atoms with Crippen LogP contribution < -0.4 is 5.32 Å². The number of fused-ring (bicyclic) bond motifs is 1. The van der Waals surface area contributed by atoms with Crippen LogP contribution in [0.2, 0.25) is 0 Å². The Morgan fingerprint density at radius 1 is 1.13 bits per heavy atom. The van der Waals surface area contributed by atoms with Gasteiger partial charge in [0.25, 0.3) is 0 Å². The van der Waals surface area contributed by atoms with Crippen LogP contribution in [0, 0.1) is 24.7 Å². The molecule has 2 saturated heterocycles. The van der Waals surface area contributed by atoms with Crippen molar-refractivity contribution in [2.24, 2.45) is 0 Å². The standard InChI is InChI=1S/C22H33NO8/c1-8-11-25-17-16-15(14-28-22(6,7)30-16)29-19(18(17)26-12-9-2)27-13-10-23-20(24)31-21(3,4)5/h1-2,15-19H,10-14H2,3-7H3,(H,23,24)/t15-,16-,17+,18+,19+/m1/s1. The van der Waals surface area contributed by atoms with Gasteiger partial charge in [0.15, 0.2) is 12.1 Å². The van der Waals surface area contributed by atoms with Crippen molar-refractivity contribution in [2.75, 3.05) is 33.0 Å². The number of ether oxygens (including phenoxy) is 7. The van der Waals surface area contributed by atoms with Crippen molar-refractivity contribution in [1.29, 1.82) is 0 Å². The first-order valence-corrected chi connectivity index (χ1v) is 10.2. The van der Waals surface area contributed by atoms with E-state index in [1.165, 1.54) is 0 Å². The molecule has 174 valence electrons. The van der Waals surface area contributed by atoms with Crippen LogP contribution in [0.1, 0.15) is 34.6 Å². The summed E-state index contributed by atoms with van der Waals surface area (Å²) in [5.74, 6) is 4.08. The van der Waals surface area contributed by atoms with Crippen molar-refractivity contribution in [3.8, 4) is 24.7 Å². The zero-order chi connectivity index (χ0) is 23.1. The molecule has 0 spiro atoms. The van der Waals surface area contributed by atoms with E-state index >= 15 is 0 Å². The van der Waals surface area contributed by atoms with E-state index in [0.717, 1.165) is 0 Å². The van der Waals surface area contributed by atoms with E-state index in [2.05, 4.69) is 17.2 Å². The minimum Gasteiger partial charge on any atom is -0.444 e. The first-order valence-electron chi connectivity index (χ1n) is 10.2. The molecule has 0 saturated carbocycles. The minimum atomic E-state index is -0.828. The average molecular weight is 440 g/mol. The van der Waals surface area contributed by atoms with Gasteiger partial charge in [-0.3, -0.25) is 0 Å². The SMILES string of the molecule is C#CCO[C@@H]1[C@H](OCC#C)[C@@H](OCCNC(=O)OC(C)(C)C)O[C@@H]2COC(C)(C)O[C@@H]12. The second-order valence-corrected chi connectivity index (χ2v) is 8.60. The zero-order valence-corrected chi connectivity index (χ0v) is 18.8. The van der Waals surface area contributed by atoms with Crippen molar-refractivity contribution >= 4 is 6.09 Å². The van der Waals surface area contributed by atoms with E-state index in [0.29, 0.717) is 0 Å². The number of amides is 1. The molecule has 9 heteroatoms. The number of carbonyl (C=O) groups excluding carboxylic acids is 1. The quantitative estimate of drug-likeness (QED) is 0.449. The summed E-state index contributed by atoms with van der Waals surface area (Å²) >= 11 is 0. The fourth-order valence-electron chi connectivity index (χ4n) is 3.23. The van der Waals surface area contributed by atoms with Crippen molar-refractivity contribution in [1.82, 2.24) is 5.32 Å². The molecule has 31 heavy (non-hydrogen) atoms. The van der Waals surface area contributed by atoms with Gasteiger partial charge >= 0.3 is 6.09 Å². The maximum absolute atomic E-state index is 11.8. The molecule has 9 nitrogen and oxygen atoms in total. The number of rotatable bonds is 8. The Hall–Kier alpha value is -1.85. The monoisotopic (exact) mass is 439 g/mol. The third-order valence-corrected chi connectivity index (χ3v) is 4.38. The predicted molar refractivity (Wildman–Crippen MR) is 111 cm³/mol. The van der Waals surface area contributed by atoms with Crippen LogP contribution in [-0.4, -0.2) is 81.2 Å². The van der Waals surface area contributed by atoms with E-state index in [9.17, 15) is 4.79 Å². The summed E-state index contributed by atoms with van der Waals surface area (Å²) in [5.41, 5.74) is -0.586. The van der Waals surface area contributed by atoms with Crippen molar-refractivity contribution in [2.45, 2.75) is 76.7 Å². The van der Waals surface area contributed by atoms with Gasteiger partial charge in [0.05, 0.1) is 13.2 Å². The van der Waals surface area contributed by atoms with Gasteiger partial charge in [-0.25, -0.2) is 4.79 Å². The second-order valence-electron chi connectivity index (χ2n) is 8.60. The average Bonchev–Trinajstić information content (AvgIpc) is 2.66. The number of carbonyl (C=O) groups is 1. The van der Waals surface area contributed by atoms with Crippen LogP contribution in [0.3, 0.4) is 0 Å². The lowest BCUT2D eigenvalue weighted by Crippen LogP contribution is -2.66. The van der Waals surface area contributed by atoms with Gasteiger partial charge in [0.1, 0.15) is 43.2 Å². The summed E-state index contributed by atoms with van der Waals surface area (Å²) in [6.45, 7) is 9.70. The highest BCUT2D eigenvalue weighted by atomic mass is 16.8. The van der Waals surface area contributed by atoms with Crippen LogP contribution in [0.25, 0.3) is 0 Å². The predicted octanol–water partition coefficient (Wildman–Crippen LogP) is 1.44. The van der Waals surface area contributed by atoms with Crippen LogP contribution in [0.15, 0.2) is 0 Å². The van der Waals surface area contributed by atoms with E-state index in [1.54, 1.807) is 20.8 Å². The number of hydrogen-bond acceptors (Lipinski definition) is 8. The van der Waals surface area contributed by atoms with Crippen molar-refractivity contribution in [3.05, 3.63) is 0 Å². The molecular formula is C22H33NO8. The van der Waals surface area contributed by atoms with Gasteiger partial charge in [-0.05, 0) is 34.6 Å². The molecule has 2 heterocycles. The summed E-state index contributed by atoms with van der Waals surface area (Å²) in [7, 11) is 0. The maximum atomic E-state index is 11.8. The zero-order valence-electron chi connectivity index (χ0n) is 18.8. The number of terminal acetylenes is 2. The van der Waals surface area contributed by atoms with Crippen LogP contribution in [-0.2, 0) is 33.2 Å². The van der Waals surface area contributed by atoms with E-state index in [-0.39, 0.29) is 33.0 Å². The molecule has 2 rings (SSSR count). The molecule has 0 bridgehead atoms. The fourth-order valence-corrected chi connectivity index (χ4v) is 3.23. The Kier molecular flexibility index (Phi) is 9.14. The third kappa shape index (κ3) is 7.97. The van der Waals surface area contributed by atoms with Crippen LogP contribution >= 0.6 is 0 Å². The van der Waals surface area contributed by atoms with Crippen LogP contribution in [0.5, 0.6) is 0 Å². The molecule has 0 aromatic carbocycles. The fraction of sp³-hybridized carbons (Fsp3) is 0.773. The lowest BCUT2D eigenvalue weighted by molar-refractivity contribution is -0.387. The van der Waals surface area contributed by atoms with Gasteiger partial charge in [-0.1, -0.05) is 11.8 Å². The Morgan fingerprint density at radius 3 is 2.39 bits per heavy atom. The molecule has 2 fully saturated rings. The Bertz CT molecular complexity index is 674. The van der Waals surface area contributed by atoms with Gasteiger partial charge < -0.3 is 38.5 Å². The summed E-state index contributed by atoms with van der Waals surface area (Å²) in [6.07, 6.45) is 7.18. The molecule has 0 aromatic rings. The number of nitrogens with one attached hydrogen (secondary N) is 1. The first kappa shape index (κ1) is 25.4. The molecule has 1 amide bonds. The topological polar surface area (TPSA) is 93.7 Å². The highest BCUT2D eigenvalue weighted by molar-refractivity contribution is 5.67. The number of hydrogen-bond donors (Lipinski definition) is 1. The normalized spacial score (nSPS) is 29.8. The molecule has 0 aromatic heterocycles. The Morgan fingerprint density at radius 2 is 1.77 bits per heavy atom.